The zero-order valence-electron chi connectivity index (χ0n) is 15.4. The van der Waals surface area contributed by atoms with Crippen LogP contribution in [0.2, 0.25) is 0 Å². The number of amides is 1. The van der Waals surface area contributed by atoms with Crippen molar-refractivity contribution in [2.75, 3.05) is 39.4 Å². The molecule has 2 bridgehead atoms. The lowest BCUT2D eigenvalue weighted by Gasteiger charge is -2.30. The fourth-order valence-corrected chi connectivity index (χ4v) is 4.03. The molecule has 9 nitrogen and oxygen atoms in total. The highest BCUT2D eigenvalue weighted by molar-refractivity contribution is 5.81. The van der Waals surface area contributed by atoms with Gasteiger partial charge in [0.1, 0.15) is 6.54 Å². The average Bonchev–Trinajstić information content (AvgIpc) is 2.94. The van der Waals surface area contributed by atoms with Crippen molar-refractivity contribution >= 4 is 22.6 Å². The average molecular weight is 386 g/mol. The number of carboxylic acids is 1. The van der Waals surface area contributed by atoms with Crippen molar-refractivity contribution in [1.29, 1.82) is 0 Å². The Labute approximate surface area is 161 Å². The van der Waals surface area contributed by atoms with Crippen molar-refractivity contribution in [1.82, 2.24) is 19.6 Å². The Hall–Kier alpha value is -2.78. The Morgan fingerprint density at radius 2 is 1.96 bits per heavy atom. The SMILES string of the molecule is O=C(O)CN1C[C@@H]2COC[C@H](C1)N(C(=O)Cn1ncc3ccccc3c1=O)C2. The molecule has 2 aliphatic heterocycles. The summed E-state index contributed by atoms with van der Waals surface area (Å²) in [5, 5.41) is 14.5. The van der Waals surface area contributed by atoms with Crippen LogP contribution in [0.1, 0.15) is 0 Å². The number of carbonyl (C=O) groups excluding carboxylic acids is 1. The molecule has 1 N–H and O–H groups in total. The zero-order valence-corrected chi connectivity index (χ0v) is 15.4. The van der Waals surface area contributed by atoms with Crippen molar-refractivity contribution in [3.63, 3.8) is 0 Å². The Balaban J connectivity index is 1.55. The standard InChI is InChI=1S/C19H22N4O5/c24-17(9-23-19(27)16-4-2-1-3-14(16)5-20-23)22-7-13-6-21(10-18(25)26)8-15(22)12-28-11-13/h1-5,13,15H,6-12H2,(H,25,26)/t13-,15-/m0/s1. The minimum absolute atomic E-state index is 0.0390. The van der Waals surface area contributed by atoms with Crippen LogP contribution in [0, 0.1) is 5.92 Å². The first-order valence-electron chi connectivity index (χ1n) is 9.27. The van der Waals surface area contributed by atoms with E-state index in [1.807, 2.05) is 17.0 Å². The molecule has 9 heteroatoms. The maximum atomic E-state index is 13.0. The lowest BCUT2D eigenvalue weighted by atomic mass is 10.1. The van der Waals surface area contributed by atoms with Crippen LogP contribution >= 0.6 is 0 Å². The van der Waals surface area contributed by atoms with Crippen molar-refractivity contribution in [3.05, 3.63) is 40.8 Å². The summed E-state index contributed by atoms with van der Waals surface area (Å²) in [5.74, 6) is -1.05. The van der Waals surface area contributed by atoms with E-state index in [1.165, 1.54) is 4.68 Å². The molecular weight excluding hydrogens is 364 g/mol. The smallest absolute Gasteiger partial charge is 0.317 e. The molecule has 0 saturated carbocycles. The van der Waals surface area contributed by atoms with E-state index in [0.29, 0.717) is 38.2 Å². The second-order valence-electron chi connectivity index (χ2n) is 7.39. The number of ether oxygens (including phenoxy) is 1. The highest BCUT2D eigenvalue weighted by Crippen LogP contribution is 2.20. The lowest BCUT2D eigenvalue weighted by Crippen LogP contribution is -2.49. The van der Waals surface area contributed by atoms with E-state index >= 15 is 0 Å². The molecule has 2 fully saturated rings. The van der Waals surface area contributed by atoms with Crippen molar-refractivity contribution < 1.29 is 19.4 Å². The molecule has 2 aromatic rings. The van der Waals surface area contributed by atoms with Crippen LogP contribution in [-0.2, 0) is 20.9 Å². The number of benzene rings is 1. The summed E-state index contributed by atoms with van der Waals surface area (Å²) >= 11 is 0. The van der Waals surface area contributed by atoms with Gasteiger partial charge in [-0.3, -0.25) is 19.3 Å². The van der Waals surface area contributed by atoms with Gasteiger partial charge in [0.25, 0.3) is 5.56 Å². The van der Waals surface area contributed by atoms with Gasteiger partial charge in [-0.05, 0) is 6.07 Å². The highest BCUT2D eigenvalue weighted by atomic mass is 16.5. The largest absolute Gasteiger partial charge is 0.480 e. The molecular formula is C19H22N4O5. The number of nitrogens with zero attached hydrogens (tertiary/aromatic N) is 4. The fraction of sp³-hybridized carbons (Fsp3) is 0.474. The van der Waals surface area contributed by atoms with Crippen molar-refractivity contribution in [2.24, 2.45) is 5.92 Å². The number of hydrogen-bond acceptors (Lipinski definition) is 6. The van der Waals surface area contributed by atoms with E-state index in [0.717, 1.165) is 5.39 Å². The minimum Gasteiger partial charge on any atom is -0.480 e. The molecule has 28 heavy (non-hydrogen) atoms. The van der Waals surface area contributed by atoms with Gasteiger partial charge in [-0.15, -0.1) is 0 Å². The second-order valence-corrected chi connectivity index (χ2v) is 7.39. The van der Waals surface area contributed by atoms with Crippen LogP contribution < -0.4 is 5.56 Å². The molecule has 0 aliphatic carbocycles. The molecule has 1 aromatic carbocycles. The van der Waals surface area contributed by atoms with Gasteiger partial charge in [0.05, 0.1) is 37.4 Å². The van der Waals surface area contributed by atoms with Crippen molar-refractivity contribution in [2.45, 2.75) is 12.6 Å². The van der Waals surface area contributed by atoms with Gasteiger partial charge in [0.2, 0.25) is 5.91 Å². The summed E-state index contributed by atoms with van der Waals surface area (Å²) < 4.78 is 6.86. The molecule has 1 aromatic heterocycles. The lowest BCUT2D eigenvalue weighted by molar-refractivity contribution is -0.138. The van der Waals surface area contributed by atoms with E-state index in [2.05, 4.69) is 5.10 Å². The first-order valence-corrected chi connectivity index (χ1v) is 9.27. The number of aliphatic carboxylic acids is 1. The molecule has 2 atom stereocenters. The van der Waals surface area contributed by atoms with Gasteiger partial charge in [-0.2, -0.15) is 5.10 Å². The van der Waals surface area contributed by atoms with Crippen LogP contribution in [0.3, 0.4) is 0 Å². The molecule has 1 amide bonds. The van der Waals surface area contributed by atoms with E-state index in [4.69, 9.17) is 9.84 Å². The van der Waals surface area contributed by atoms with Crippen LogP contribution in [0.15, 0.2) is 35.3 Å². The molecule has 0 unspecified atom stereocenters. The first kappa shape index (κ1) is 18.6. The Kier molecular flexibility index (Phi) is 5.10. The van der Waals surface area contributed by atoms with Gasteiger partial charge in [-0.1, -0.05) is 18.2 Å². The number of rotatable bonds is 4. The maximum Gasteiger partial charge on any atom is 0.317 e. The molecule has 4 rings (SSSR count). The summed E-state index contributed by atoms with van der Waals surface area (Å²) in [5.41, 5.74) is -0.298. The molecule has 0 radical (unpaired) electrons. The Bertz CT molecular complexity index is 959. The molecule has 3 heterocycles. The van der Waals surface area contributed by atoms with Crippen molar-refractivity contribution in [3.8, 4) is 0 Å². The predicted octanol–water partition coefficient (Wildman–Crippen LogP) is -0.360. The number of aromatic nitrogens is 2. The number of hydrogen-bond donors (Lipinski definition) is 1. The minimum atomic E-state index is -0.884. The van der Waals surface area contributed by atoms with Crippen LogP contribution in [0.25, 0.3) is 10.8 Å². The van der Waals surface area contributed by atoms with E-state index in [1.54, 1.807) is 23.2 Å². The summed E-state index contributed by atoms with van der Waals surface area (Å²) in [7, 11) is 0. The van der Waals surface area contributed by atoms with Crippen LogP contribution in [-0.4, -0.2) is 82.0 Å². The number of fused-ring (bicyclic) bond motifs is 4. The molecule has 2 saturated heterocycles. The van der Waals surface area contributed by atoms with Gasteiger partial charge in [0.15, 0.2) is 0 Å². The Morgan fingerprint density at radius 1 is 1.14 bits per heavy atom. The summed E-state index contributed by atoms with van der Waals surface area (Å²) in [4.78, 5) is 40.3. The molecule has 148 valence electrons. The normalized spacial score (nSPS) is 22.8. The summed E-state index contributed by atoms with van der Waals surface area (Å²) in [6.07, 6.45) is 1.59. The predicted molar refractivity (Wildman–Crippen MR) is 99.9 cm³/mol. The van der Waals surface area contributed by atoms with Crippen LogP contribution in [0.4, 0.5) is 0 Å². The third kappa shape index (κ3) is 3.76. The zero-order chi connectivity index (χ0) is 19.7. The maximum absolute atomic E-state index is 13.0. The number of carboxylic acid groups (broad SMARTS) is 1. The third-order valence-electron chi connectivity index (χ3n) is 5.27. The third-order valence-corrected chi connectivity index (χ3v) is 5.27. The Morgan fingerprint density at radius 3 is 2.79 bits per heavy atom. The van der Waals surface area contributed by atoms with Gasteiger partial charge in [-0.25, -0.2) is 4.68 Å². The first-order chi connectivity index (χ1) is 13.5. The van der Waals surface area contributed by atoms with E-state index in [9.17, 15) is 14.4 Å². The van der Waals surface area contributed by atoms with Crippen LogP contribution in [0.5, 0.6) is 0 Å². The molecule has 0 spiro atoms. The quantitative estimate of drug-likeness (QED) is 0.765. The topological polar surface area (TPSA) is 105 Å². The summed E-state index contributed by atoms with van der Waals surface area (Å²) in [6.45, 7) is 2.15. The monoisotopic (exact) mass is 386 g/mol. The number of carbonyl (C=O) groups is 2. The van der Waals surface area contributed by atoms with E-state index < -0.39 is 5.97 Å². The summed E-state index contributed by atoms with van der Waals surface area (Å²) in [6, 6.07) is 6.90. The van der Waals surface area contributed by atoms with Gasteiger partial charge < -0.3 is 14.7 Å². The van der Waals surface area contributed by atoms with Gasteiger partial charge >= 0.3 is 5.97 Å². The second kappa shape index (κ2) is 7.69. The van der Waals surface area contributed by atoms with E-state index in [-0.39, 0.29) is 36.5 Å². The van der Waals surface area contributed by atoms with Gasteiger partial charge in [0, 0.05) is 30.9 Å². The highest BCUT2D eigenvalue weighted by Gasteiger charge is 2.36. The molecule has 2 aliphatic rings. The fourth-order valence-electron chi connectivity index (χ4n) is 4.03.